The Balaban J connectivity index is 1.44. The smallest absolute Gasteiger partial charge is 0.251 e. The summed E-state index contributed by atoms with van der Waals surface area (Å²) in [4.78, 5) is 16.8. The van der Waals surface area contributed by atoms with Gasteiger partial charge in [-0.2, -0.15) is 0 Å². The van der Waals surface area contributed by atoms with E-state index < -0.39 is 0 Å². The van der Waals surface area contributed by atoms with E-state index in [0.717, 1.165) is 29.7 Å². The second-order valence-corrected chi connectivity index (χ2v) is 6.72. The molecule has 5 nitrogen and oxygen atoms in total. The molecule has 4 aromatic rings. The van der Waals surface area contributed by atoms with Gasteiger partial charge >= 0.3 is 0 Å². The molecular formula is C23H21N3O2. The molecule has 2 heterocycles. The largest absolute Gasteiger partial charge is 0.508 e. The number of nitrogens with zero attached hydrogens (tertiary/aromatic N) is 2. The average Bonchev–Trinajstić information content (AvgIpc) is 3.14. The van der Waals surface area contributed by atoms with E-state index in [9.17, 15) is 9.90 Å². The molecule has 5 heteroatoms. The van der Waals surface area contributed by atoms with Gasteiger partial charge in [-0.1, -0.05) is 36.4 Å². The topological polar surface area (TPSA) is 66.6 Å². The summed E-state index contributed by atoms with van der Waals surface area (Å²) >= 11 is 0. The van der Waals surface area contributed by atoms with Gasteiger partial charge in [-0.05, 0) is 47.9 Å². The maximum atomic E-state index is 12.3. The molecule has 0 unspecified atom stereocenters. The maximum absolute atomic E-state index is 12.3. The summed E-state index contributed by atoms with van der Waals surface area (Å²) in [6, 6.07) is 20.6. The molecule has 0 spiro atoms. The van der Waals surface area contributed by atoms with Crippen LogP contribution in [0.1, 0.15) is 27.3 Å². The number of hydrogen-bond acceptors (Lipinski definition) is 3. The van der Waals surface area contributed by atoms with Crippen molar-refractivity contribution in [3.05, 3.63) is 102 Å². The fraction of sp³-hybridized carbons (Fsp3) is 0.130. The van der Waals surface area contributed by atoms with Crippen molar-refractivity contribution in [1.82, 2.24) is 14.7 Å². The number of carbonyl (C=O) groups excluding carboxylic acids is 1. The van der Waals surface area contributed by atoms with E-state index in [1.807, 2.05) is 42.7 Å². The molecule has 0 bridgehead atoms. The Morgan fingerprint density at radius 1 is 0.929 bits per heavy atom. The van der Waals surface area contributed by atoms with Gasteiger partial charge in [0.25, 0.3) is 5.91 Å². The van der Waals surface area contributed by atoms with E-state index in [-0.39, 0.29) is 11.7 Å². The molecule has 0 saturated heterocycles. The molecule has 2 aromatic heterocycles. The first-order valence-corrected chi connectivity index (χ1v) is 9.25. The fourth-order valence-electron chi connectivity index (χ4n) is 3.18. The Morgan fingerprint density at radius 2 is 1.71 bits per heavy atom. The monoisotopic (exact) mass is 371 g/mol. The number of hydrogen-bond donors (Lipinski definition) is 2. The number of nitrogens with one attached hydrogen (secondary N) is 1. The molecule has 0 atom stereocenters. The normalized spacial score (nSPS) is 10.9. The number of rotatable bonds is 6. The van der Waals surface area contributed by atoms with Gasteiger partial charge in [-0.3, -0.25) is 4.79 Å². The summed E-state index contributed by atoms with van der Waals surface area (Å²) in [5.74, 6) is 0.978. The van der Waals surface area contributed by atoms with E-state index >= 15 is 0 Å². The second kappa shape index (κ2) is 7.96. The van der Waals surface area contributed by atoms with Gasteiger partial charge in [0, 0.05) is 24.7 Å². The summed E-state index contributed by atoms with van der Waals surface area (Å²) < 4.78 is 2.09. The first-order valence-electron chi connectivity index (χ1n) is 9.25. The Labute approximate surface area is 163 Å². The van der Waals surface area contributed by atoms with E-state index in [4.69, 9.17) is 0 Å². The lowest BCUT2D eigenvalue weighted by Gasteiger charge is -2.08. The van der Waals surface area contributed by atoms with E-state index in [0.29, 0.717) is 12.1 Å². The van der Waals surface area contributed by atoms with Crippen molar-refractivity contribution in [1.29, 1.82) is 0 Å². The van der Waals surface area contributed by atoms with Crippen LogP contribution in [-0.2, 0) is 19.4 Å². The molecule has 0 aliphatic carbocycles. The van der Waals surface area contributed by atoms with Crippen LogP contribution in [0.5, 0.6) is 5.75 Å². The van der Waals surface area contributed by atoms with Crippen LogP contribution in [0.3, 0.4) is 0 Å². The van der Waals surface area contributed by atoms with Crippen LogP contribution in [0.4, 0.5) is 0 Å². The molecule has 0 aliphatic rings. The standard InChI is InChI=1S/C23H21N3O2/c27-21-11-8-19(9-12-21)23(28)25-14-18-6-10-20-15-24-22(26(20)16-18)13-7-17-4-2-1-3-5-17/h1-6,8-12,15-16,27H,7,13-14H2,(H,25,28). The minimum Gasteiger partial charge on any atom is -0.508 e. The predicted molar refractivity (Wildman–Crippen MR) is 108 cm³/mol. The first-order chi connectivity index (χ1) is 13.7. The number of phenolic OH excluding ortho intramolecular Hbond substituents is 1. The Bertz CT molecular complexity index is 1090. The molecule has 1 amide bonds. The van der Waals surface area contributed by atoms with Crippen molar-refractivity contribution < 1.29 is 9.90 Å². The zero-order chi connectivity index (χ0) is 19.3. The van der Waals surface area contributed by atoms with Crippen LogP contribution in [0, 0.1) is 0 Å². The van der Waals surface area contributed by atoms with Crippen molar-refractivity contribution in [2.75, 3.05) is 0 Å². The number of phenols is 1. The number of pyridine rings is 1. The summed E-state index contributed by atoms with van der Waals surface area (Å²) in [6.07, 6.45) is 5.68. The fourth-order valence-corrected chi connectivity index (χ4v) is 3.18. The minimum absolute atomic E-state index is 0.144. The highest BCUT2D eigenvalue weighted by Crippen LogP contribution is 2.13. The Hall–Kier alpha value is -3.60. The van der Waals surface area contributed by atoms with Crippen LogP contribution in [-0.4, -0.2) is 20.4 Å². The highest BCUT2D eigenvalue weighted by Gasteiger charge is 2.08. The van der Waals surface area contributed by atoms with E-state index in [1.165, 1.54) is 17.7 Å². The SMILES string of the molecule is O=C(NCc1ccc2cnc(CCc3ccccc3)n2c1)c1ccc(O)cc1. The predicted octanol–water partition coefficient (Wildman–Crippen LogP) is 3.76. The highest BCUT2D eigenvalue weighted by molar-refractivity contribution is 5.94. The first kappa shape index (κ1) is 17.8. The van der Waals surface area contributed by atoms with Crippen molar-refractivity contribution in [3.8, 4) is 5.75 Å². The lowest BCUT2D eigenvalue weighted by atomic mass is 10.1. The molecule has 2 aromatic carbocycles. The van der Waals surface area contributed by atoms with Gasteiger partial charge in [-0.15, -0.1) is 0 Å². The molecule has 0 radical (unpaired) electrons. The lowest BCUT2D eigenvalue weighted by Crippen LogP contribution is -2.22. The Kier molecular flexibility index (Phi) is 5.06. The van der Waals surface area contributed by atoms with Crippen molar-refractivity contribution in [3.63, 3.8) is 0 Å². The third-order valence-electron chi connectivity index (χ3n) is 4.73. The number of fused-ring (bicyclic) bond motifs is 1. The van der Waals surface area contributed by atoms with Crippen LogP contribution >= 0.6 is 0 Å². The van der Waals surface area contributed by atoms with Gasteiger partial charge in [0.05, 0.1) is 11.7 Å². The van der Waals surface area contributed by atoms with Crippen LogP contribution in [0.25, 0.3) is 5.52 Å². The molecule has 140 valence electrons. The third-order valence-corrected chi connectivity index (χ3v) is 4.73. The van der Waals surface area contributed by atoms with Gasteiger partial charge in [-0.25, -0.2) is 4.98 Å². The van der Waals surface area contributed by atoms with Gasteiger partial charge in [0.2, 0.25) is 0 Å². The van der Waals surface area contributed by atoms with Gasteiger partial charge in [0.15, 0.2) is 0 Å². The number of carbonyl (C=O) groups is 1. The number of imidazole rings is 1. The summed E-state index contributed by atoms with van der Waals surface area (Å²) in [6.45, 7) is 0.423. The summed E-state index contributed by atoms with van der Waals surface area (Å²) in [5.41, 5.74) is 3.84. The van der Waals surface area contributed by atoms with Crippen LogP contribution < -0.4 is 5.32 Å². The van der Waals surface area contributed by atoms with Crippen molar-refractivity contribution in [2.45, 2.75) is 19.4 Å². The number of aromatic nitrogens is 2. The van der Waals surface area contributed by atoms with Gasteiger partial charge < -0.3 is 14.8 Å². The van der Waals surface area contributed by atoms with E-state index in [2.05, 4.69) is 26.8 Å². The number of aromatic hydroxyl groups is 1. The zero-order valence-electron chi connectivity index (χ0n) is 15.4. The molecule has 0 aliphatic heterocycles. The summed E-state index contributed by atoms with van der Waals surface area (Å²) in [5, 5.41) is 12.2. The molecule has 28 heavy (non-hydrogen) atoms. The van der Waals surface area contributed by atoms with Gasteiger partial charge in [0.1, 0.15) is 11.6 Å². The minimum atomic E-state index is -0.171. The zero-order valence-corrected chi connectivity index (χ0v) is 15.4. The van der Waals surface area contributed by atoms with E-state index in [1.54, 1.807) is 12.1 Å². The van der Waals surface area contributed by atoms with Crippen LogP contribution in [0.15, 0.2) is 79.1 Å². The summed E-state index contributed by atoms with van der Waals surface area (Å²) in [7, 11) is 0. The van der Waals surface area contributed by atoms with Crippen molar-refractivity contribution >= 4 is 11.4 Å². The Morgan fingerprint density at radius 3 is 2.50 bits per heavy atom. The average molecular weight is 371 g/mol. The molecule has 0 saturated carbocycles. The molecular weight excluding hydrogens is 350 g/mol. The molecule has 4 rings (SSSR count). The van der Waals surface area contributed by atoms with Crippen LogP contribution in [0.2, 0.25) is 0 Å². The van der Waals surface area contributed by atoms with Crippen molar-refractivity contribution in [2.24, 2.45) is 0 Å². The molecule has 2 N–H and O–H groups in total. The number of aryl methyl sites for hydroxylation is 2. The number of amides is 1. The lowest BCUT2D eigenvalue weighted by molar-refractivity contribution is 0.0951. The highest BCUT2D eigenvalue weighted by atomic mass is 16.3. The molecule has 0 fully saturated rings. The third kappa shape index (κ3) is 4.04. The second-order valence-electron chi connectivity index (χ2n) is 6.72. The number of benzene rings is 2. The maximum Gasteiger partial charge on any atom is 0.251 e. The quantitative estimate of drug-likeness (QED) is 0.542.